The molecule has 6 heteroatoms. The number of aliphatic hydroxyl groups is 1. The van der Waals surface area contributed by atoms with E-state index in [-0.39, 0.29) is 18.4 Å². The zero-order chi connectivity index (χ0) is 10.4. The molecular weight excluding hydrogens is 202 g/mol. The fraction of sp³-hybridized carbons (Fsp3) is 0.625. The Morgan fingerprint density at radius 3 is 3.14 bits per heavy atom. The molecule has 1 aromatic heterocycles. The molecule has 0 aromatic carbocycles. The highest BCUT2D eigenvalue weighted by atomic mass is 32.1. The summed E-state index contributed by atoms with van der Waals surface area (Å²) in [5, 5.41) is 11.4. The summed E-state index contributed by atoms with van der Waals surface area (Å²) in [4.78, 5) is 11.3. The van der Waals surface area contributed by atoms with Crippen LogP contribution in [-0.4, -0.2) is 32.9 Å². The first-order chi connectivity index (χ1) is 6.74. The maximum atomic E-state index is 11.3. The zero-order valence-electron chi connectivity index (χ0n) is 7.93. The summed E-state index contributed by atoms with van der Waals surface area (Å²) in [7, 11) is 0. The highest BCUT2D eigenvalue weighted by Gasteiger charge is 2.09. The first-order valence-electron chi connectivity index (χ1n) is 4.40. The third-order valence-corrected chi connectivity index (χ3v) is 2.30. The van der Waals surface area contributed by atoms with Crippen molar-refractivity contribution in [2.24, 2.45) is 5.92 Å². The summed E-state index contributed by atoms with van der Waals surface area (Å²) in [6.45, 7) is 2.67. The molecule has 0 spiro atoms. The van der Waals surface area contributed by atoms with Crippen LogP contribution in [-0.2, 0) is 0 Å². The van der Waals surface area contributed by atoms with Crippen LogP contribution in [0, 0.1) is 5.92 Å². The summed E-state index contributed by atoms with van der Waals surface area (Å²) in [5.74, 6) is 0.0686. The minimum Gasteiger partial charge on any atom is -0.396 e. The summed E-state index contributed by atoms with van der Waals surface area (Å²) < 4.78 is 7.55. The van der Waals surface area contributed by atoms with E-state index in [1.165, 1.54) is 6.20 Å². The predicted molar refractivity (Wildman–Crippen MR) is 53.1 cm³/mol. The summed E-state index contributed by atoms with van der Waals surface area (Å²) >= 11 is 1.01. The normalized spacial score (nSPS) is 12.4. The Balaban J connectivity index is 2.28. The fourth-order valence-electron chi connectivity index (χ4n) is 0.945. The van der Waals surface area contributed by atoms with Gasteiger partial charge in [-0.25, -0.2) is 0 Å². The highest BCUT2D eigenvalue weighted by molar-refractivity contribution is 6.99. The number of hydrogen-bond donors (Lipinski definition) is 2. The van der Waals surface area contributed by atoms with Crippen LogP contribution in [0.25, 0.3) is 0 Å². The molecule has 1 aromatic rings. The Labute approximate surface area is 86.5 Å². The van der Waals surface area contributed by atoms with Crippen LogP contribution in [0.1, 0.15) is 23.8 Å². The molecule has 0 saturated carbocycles. The molecule has 5 nitrogen and oxygen atoms in total. The Morgan fingerprint density at radius 1 is 1.79 bits per heavy atom. The SMILES string of the molecule is CC(CCO)CNC(=O)c1cnsn1. The van der Waals surface area contributed by atoms with Crippen LogP contribution < -0.4 is 5.32 Å². The Kier molecular flexibility index (Phi) is 4.48. The van der Waals surface area contributed by atoms with E-state index in [1.807, 2.05) is 6.92 Å². The van der Waals surface area contributed by atoms with E-state index in [4.69, 9.17) is 5.11 Å². The summed E-state index contributed by atoms with van der Waals surface area (Å²) in [6, 6.07) is 0. The smallest absolute Gasteiger partial charge is 0.272 e. The van der Waals surface area contributed by atoms with Crippen LogP contribution in [0.4, 0.5) is 0 Å². The van der Waals surface area contributed by atoms with E-state index >= 15 is 0 Å². The van der Waals surface area contributed by atoms with Crippen LogP contribution in [0.2, 0.25) is 0 Å². The standard InChI is InChI=1S/C8H13N3O2S/c1-6(2-3-12)4-9-8(13)7-5-10-14-11-7/h5-6,12H,2-4H2,1H3,(H,9,13). The molecular formula is C8H13N3O2S. The molecule has 1 atom stereocenters. The molecule has 0 aliphatic carbocycles. The third-order valence-electron chi connectivity index (χ3n) is 1.83. The third kappa shape index (κ3) is 3.39. The van der Waals surface area contributed by atoms with Crippen LogP contribution >= 0.6 is 11.7 Å². The lowest BCUT2D eigenvalue weighted by atomic mass is 10.1. The second-order valence-electron chi connectivity index (χ2n) is 3.12. The van der Waals surface area contributed by atoms with E-state index in [0.29, 0.717) is 18.7 Å². The Hall–Kier alpha value is -1.01. The lowest BCUT2D eigenvalue weighted by Crippen LogP contribution is -2.28. The summed E-state index contributed by atoms with van der Waals surface area (Å²) in [6.07, 6.45) is 2.13. The topological polar surface area (TPSA) is 75.1 Å². The average molecular weight is 215 g/mol. The van der Waals surface area contributed by atoms with Gasteiger partial charge < -0.3 is 10.4 Å². The van der Waals surface area contributed by atoms with Crippen molar-refractivity contribution < 1.29 is 9.90 Å². The molecule has 1 unspecified atom stereocenters. The van der Waals surface area contributed by atoms with Crippen molar-refractivity contribution in [3.05, 3.63) is 11.9 Å². The van der Waals surface area contributed by atoms with Crippen molar-refractivity contribution >= 4 is 17.6 Å². The molecule has 0 radical (unpaired) electrons. The number of amides is 1. The van der Waals surface area contributed by atoms with Gasteiger partial charge in [-0.1, -0.05) is 6.92 Å². The zero-order valence-corrected chi connectivity index (χ0v) is 8.75. The minimum atomic E-state index is -0.205. The van der Waals surface area contributed by atoms with Gasteiger partial charge in [-0.05, 0) is 12.3 Å². The lowest BCUT2D eigenvalue weighted by Gasteiger charge is -2.09. The number of nitrogens with zero attached hydrogens (tertiary/aromatic N) is 2. The molecule has 0 aliphatic rings. The largest absolute Gasteiger partial charge is 0.396 e. The number of carbonyl (C=O) groups is 1. The molecule has 0 aliphatic heterocycles. The van der Waals surface area contributed by atoms with Crippen molar-refractivity contribution in [2.75, 3.05) is 13.2 Å². The van der Waals surface area contributed by atoms with Gasteiger partial charge in [-0.2, -0.15) is 8.75 Å². The van der Waals surface area contributed by atoms with Crippen molar-refractivity contribution in [1.82, 2.24) is 14.1 Å². The molecule has 14 heavy (non-hydrogen) atoms. The lowest BCUT2D eigenvalue weighted by molar-refractivity contribution is 0.0941. The molecule has 1 rings (SSSR count). The first kappa shape index (κ1) is 11.1. The Morgan fingerprint density at radius 2 is 2.57 bits per heavy atom. The maximum Gasteiger partial charge on any atom is 0.272 e. The molecule has 0 fully saturated rings. The fourth-order valence-corrected chi connectivity index (χ4v) is 1.36. The second kappa shape index (κ2) is 5.66. The molecule has 1 heterocycles. The van der Waals surface area contributed by atoms with Crippen molar-refractivity contribution in [2.45, 2.75) is 13.3 Å². The molecule has 0 saturated heterocycles. The first-order valence-corrected chi connectivity index (χ1v) is 5.13. The predicted octanol–water partition coefficient (Wildman–Crippen LogP) is 0.286. The number of carbonyl (C=O) groups excluding carboxylic acids is 1. The van der Waals surface area contributed by atoms with E-state index in [1.54, 1.807) is 0 Å². The highest BCUT2D eigenvalue weighted by Crippen LogP contribution is 1.99. The van der Waals surface area contributed by atoms with Gasteiger partial charge in [-0.3, -0.25) is 4.79 Å². The molecule has 0 bridgehead atoms. The number of hydrogen-bond acceptors (Lipinski definition) is 5. The van der Waals surface area contributed by atoms with E-state index in [9.17, 15) is 4.79 Å². The van der Waals surface area contributed by atoms with Gasteiger partial charge in [0.2, 0.25) is 0 Å². The van der Waals surface area contributed by atoms with Crippen LogP contribution in [0.5, 0.6) is 0 Å². The van der Waals surface area contributed by atoms with Gasteiger partial charge in [0.1, 0.15) is 0 Å². The maximum absolute atomic E-state index is 11.3. The van der Waals surface area contributed by atoms with Gasteiger partial charge in [0, 0.05) is 13.2 Å². The number of nitrogens with one attached hydrogen (secondary N) is 1. The van der Waals surface area contributed by atoms with Gasteiger partial charge in [0.05, 0.1) is 17.9 Å². The molecule has 2 N–H and O–H groups in total. The molecule has 78 valence electrons. The van der Waals surface area contributed by atoms with Gasteiger partial charge in [0.15, 0.2) is 5.69 Å². The average Bonchev–Trinajstić information content (AvgIpc) is 2.67. The van der Waals surface area contributed by atoms with Gasteiger partial charge in [-0.15, -0.1) is 0 Å². The van der Waals surface area contributed by atoms with Gasteiger partial charge in [0.25, 0.3) is 5.91 Å². The quantitative estimate of drug-likeness (QED) is 0.740. The number of aliphatic hydroxyl groups excluding tert-OH is 1. The van der Waals surface area contributed by atoms with E-state index in [0.717, 1.165) is 11.7 Å². The summed E-state index contributed by atoms with van der Waals surface area (Å²) in [5.41, 5.74) is 0.353. The number of aromatic nitrogens is 2. The van der Waals surface area contributed by atoms with E-state index < -0.39 is 0 Å². The van der Waals surface area contributed by atoms with Gasteiger partial charge >= 0.3 is 0 Å². The van der Waals surface area contributed by atoms with Crippen LogP contribution in [0.3, 0.4) is 0 Å². The molecule has 1 amide bonds. The monoisotopic (exact) mass is 215 g/mol. The second-order valence-corrected chi connectivity index (χ2v) is 3.68. The van der Waals surface area contributed by atoms with Crippen molar-refractivity contribution in [3.8, 4) is 0 Å². The van der Waals surface area contributed by atoms with Crippen molar-refractivity contribution in [1.29, 1.82) is 0 Å². The van der Waals surface area contributed by atoms with Crippen molar-refractivity contribution in [3.63, 3.8) is 0 Å². The number of rotatable bonds is 5. The van der Waals surface area contributed by atoms with Crippen LogP contribution in [0.15, 0.2) is 6.20 Å². The minimum absolute atomic E-state index is 0.148. The Bertz CT molecular complexity index is 276. The van der Waals surface area contributed by atoms with E-state index in [2.05, 4.69) is 14.1 Å².